The summed E-state index contributed by atoms with van der Waals surface area (Å²) in [5.74, 6) is 0. The molecular weight excluding hydrogens is 388 g/mol. The van der Waals surface area contributed by atoms with Gasteiger partial charge in [0.2, 0.25) is 0 Å². The maximum Gasteiger partial charge on any atom is 0.277 e. The Morgan fingerprint density at radius 2 is 1.42 bits per heavy atom. The molecule has 0 N–H and O–H groups in total. The molecule has 0 aliphatic carbocycles. The summed E-state index contributed by atoms with van der Waals surface area (Å²) in [7, 11) is 0. The molecular formula is C26H14N2O3. The van der Waals surface area contributed by atoms with Crippen LogP contribution in [0.25, 0.3) is 60.9 Å². The van der Waals surface area contributed by atoms with Crippen molar-refractivity contribution in [3.8, 4) is 27.9 Å². The molecule has 146 valence electrons. The van der Waals surface area contributed by atoms with E-state index in [0.29, 0.717) is 5.56 Å². The molecule has 3 heterocycles. The SMILES string of the molecule is O=[N+]([O-])c1cccc2c1-c1cccc3c4oc5ccccc5c4n(c13)-c1ccccc1-2. The maximum atomic E-state index is 12.0. The van der Waals surface area contributed by atoms with Crippen LogP contribution in [0.2, 0.25) is 0 Å². The first-order valence-corrected chi connectivity index (χ1v) is 10.1. The van der Waals surface area contributed by atoms with Crippen LogP contribution in [0.5, 0.6) is 0 Å². The molecule has 0 atom stereocenters. The normalized spacial score (nSPS) is 12.1. The summed E-state index contributed by atoms with van der Waals surface area (Å²) in [4.78, 5) is 11.7. The fourth-order valence-electron chi connectivity index (χ4n) is 5.05. The van der Waals surface area contributed by atoms with Gasteiger partial charge in [0.15, 0.2) is 5.58 Å². The Kier molecular flexibility index (Phi) is 2.97. The van der Waals surface area contributed by atoms with Gasteiger partial charge < -0.3 is 8.98 Å². The van der Waals surface area contributed by atoms with E-state index in [4.69, 9.17) is 4.42 Å². The van der Waals surface area contributed by atoms with Crippen molar-refractivity contribution in [3.63, 3.8) is 0 Å². The third kappa shape index (κ3) is 1.95. The van der Waals surface area contributed by atoms with Crippen LogP contribution in [0.15, 0.2) is 89.3 Å². The van der Waals surface area contributed by atoms with E-state index >= 15 is 0 Å². The van der Waals surface area contributed by atoms with E-state index in [1.807, 2.05) is 60.7 Å². The highest BCUT2D eigenvalue weighted by Crippen LogP contribution is 2.50. The fraction of sp³-hybridized carbons (Fsp3) is 0. The van der Waals surface area contributed by atoms with Crippen molar-refractivity contribution in [1.29, 1.82) is 0 Å². The summed E-state index contributed by atoms with van der Waals surface area (Å²) >= 11 is 0. The quantitative estimate of drug-likeness (QED) is 0.218. The predicted octanol–water partition coefficient (Wildman–Crippen LogP) is 7.09. The standard InChI is InChI=1S/C26H14N2O3/c29-28(30)21-13-6-9-16-15-7-1-3-12-20(15)27-24-18(23(16)21)10-5-11-19(24)26-25(27)17-8-2-4-14-22(17)31-26/h1-14H. The molecule has 31 heavy (non-hydrogen) atoms. The zero-order valence-electron chi connectivity index (χ0n) is 16.2. The zero-order chi connectivity index (χ0) is 20.7. The van der Waals surface area contributed by atoms with Crippen LogP contribution in [-0.4, -0.2) is 9.49 Å². The Bertz CT molecular complexity index is 1720. The second-order valence-corrected chi connectivity index (χ2v) is 7.79. The molecule has 0 unspecified atom stereocenters. The molecule has 0 spiro atoms. The topological polar surface area (TPSA) is 61.2 Å². The first-order valence-electron chi connectivity index (χ1n) is 10.1. The lowest BCUT2D eigenvalue weighted by Gasteiger charge is -2.11. The van der Waals surface area contributed by atoms with Crippen LogP contribution >= 0.6 is 0 Å². The minimum absolute atomic E-state index is 0.107. The van der Waals surface area contributed by atoms with Crippen LogP contribution < -0.4 is 0 Å². The van der Waals surface area contributed by atoms with Gasteiger partial charge >= 0.3 is 0 Å². The largest absolute Gasteiger partial charge is 0.454 e. The van der Waals surface area contributed by atoms with Crippen LogP contribution in [0.1, 0.15) is 0 Å². The van der Waals surface area contributed by atoms with E-state index in [-0.39, 0.29) is 10.6 Å². The number of hydrogen-bond donors (Lipinski definition) is 0. The second kappa shape index (κ2) is 5.61. The number of hydrogen-bond acceptors (Lipinski definition) is 3. The van der Waals surface area contributed by atoms with E-state index in [2.05, 4.69) is 16.7 Å². The van der Waals surface area contributed by atoms with E-state index < -0.39 is 0 Å². The average Bonchev–Trinajstić information content (AvgIpc) is 3.29. The number of para-hydroxylation sites is 3. The first kappa shape index (κ1) is 16.4. The van der Waals surface area contributed by atoms with Gasteiger partial charge in [-0.15, -0.1) is 0 Å². The minimum atomic E-state index is -0.293. The highest BCUT2D eigenvalue weighted by molar-refractivity contribution is 6.21. The second-order valence-electron chi connectivity index (χ2n) is 7.79. The number of rotatable bonds is 1. The van der Waals surface area contributed by atoms with Gasteiger partial charge in [-0.25, -0.2) is 0 Å². The van der Waals surface area contributed by atoms with Crippen molar-refractivity contribution >= 4 is 38.7 Å². The van der Waals surface area contributed by atoms with Crippen LogP contribution in [0, 0.1) is 10.1 Å². The molecule has 4 aromatic carbocycles. The smallest absolute Gasteiger partial charge is 0.277 e. The highest BCUT2D eigenvalue weighted by atomic mass is 16.6. The van der Waals surface area contributed by atoms with Gasteiger partial charge in [0.1, 0.15) is 11.1 Å². The minimum Gasteiger partial charge on any atom is -0.454 e. The van der Waals surface area contributed by atoms with Crippen molar-refractivity contribution in [2.45, 2.75) is 0 Å². The summed E-state index contributed by atoms with van der Waals surface area (Å²) in [5.41, 5.74) is 7.95. The summed E-state index contributed by atoms with van der Waals surface area (Å²) in [6.45, 7) is 0. The maximum absolute atomic E-state index is 12.0. The van der Waals surface area contributed by atoms with Gasteiger partial charge in [0.25, 0.3) is 5.69 Å². The van der Waals surface area contributed by atoms with Crippen molar-refractivity contribution in [2.75, 3.05) is 0 Å². The number of nitro benzene ring substituents is 1. The Morgan fingerprint density at radius 1 is 0.710 bits per heavy atom. The van der Waals surface area contributed by atoms with Crippen molar-refractivity contribution < 1.29 is 9.34 Å². The van der Waals surface area contributed by atoms with Crippen molar-refractivity contribution in [1.82, 2.24) is 4.57 Å². The van der Waals surface area contributed by atoms with Crippen molar-refractivity contribution in [2.24, 2.45) is 0 Å². The lowest BCUT2D eigenvalue weighted by atomic mass is 9.92. The molecule has 0 saturated carbocycles. The van der Waals surface area contributed by atoms with Crippen LogP contribution in [0.3, 0.4) is 0 Å². The summed E-state index contributed by atoms with van der Waals surface area (Å²) in [5, 5.41) is 14.0. The Balaban J connectivity index is 1.83. The van der Waals surface area contributed by atoms with E-state index in [0.717, 1.165) is 55.3 Å². The van der Waals surface area contributed by atoms with Gasteiger partial charge in [-0.2, -0.15) is 0 Å². The number of aromatic nitrogens is 1. The summed E-state index contributed by atoms with van der Waals surface area (Å²) in [6, 6.07) is 27.3. The predicted molar refractivity (Wildman–Crippen MR) is 122 cm³/mol. The average molecular weight is 402 g/mol. The number of nitro groups is 1. The molecule has 5 nitrogen and oxygen atoms in total. The Labute approximate surface area is 175 Å². The van der Waals surface area contributed by atoms with Crippen LogP contribution in [-0.2, 0) is 0 Å². The summed E-state index contributed by atoms with van der Waals surface area (Å²) in [6.07, 6.45) is 0. The van der Waals surface area contributed by atoms with E-state index in [9.17, 15) is 10.1 Å². The number of furan rings is 1. The van der Waals surface area contributed by atoms with Gasteiger partial charge in [0.05, 0.1) is 21.7 Å². The van der Waals surface area contributed by atoms with Crippen LogP contribution in [0.4, 0.5) is 5.69 Å². The molecule has 5 heteroatoms. The molecule has 0 fully saturated rings. The van der Waals surface area contributed by atoms with E-state index in [1.165, 1.54) is 0 Å². The monoisotopic (exact) mass is 402 g/mol. The molecule has 0 bridgehead atoms. The van der Waals surface area contributed by atoms with E-state index in [1.54, 1.807) is 12.1 Å². The Morgan fingerprint density at radius 3 is 2.32 bits per heavy atom. The summed E-state index contributed by atoms with van der Waals surface area (Å²) < 4.78 is 8.51. The van der Waals surface area contributed by atoms with Gasteiger partial charge in [0, 0.05) is 28.0 Å². The molecule has 0 saturated heterocycles. The number of benzene rings is 4. The fourth-order valence-corrected chi connectivity index (χ4v) is 5.05. The molecule has 1 aliphatic heterocycles. The van der Waals surface area contributed by atoms with Gasteiger partial charge in [-0.05, 0) is 29.8 Å². The molecule has 7 rings (SSSR count). The molecule has 0 radical (unpaired) electrons. The number of fused-ring (bicyclic) bond motifs is 10. The highest BCUT2D eigenvalue weighted by Gasteiger charge is 2.30. The lowest BCUT2D eigenvalue weighted by Crippen LogP contribution is -1.95. The Hall–Kier alpha value is -4.38. The third-order valence-electron chi connectivity index (χ3n) is 6.24. The van der Waals surface area contributed by atoms with Crippen molar-refractivity contribution in [3.05, 3.63) is 95.0 Å². The molecule has 2 aromatic heterocycles. The first-order chi connectivity index (χ1) is 15.2. The molecule has 0 amide bonds. The van der Waals surface area contributed by atoms with Gasteiger partial charge in [-0.1, -0.05) is 54.6 Å². The number of nitrogens with zero attached hydrogens (tertiary/aromatic N) is 2. The lowest BCUT2D eigenvalue weighted by molar-refractivity contribution is -0.384. The molecule has 6 aromatic rings. The molecule has 1 aliphatic rings. The zero-order valence-corrected chi connectivity index (χ0v) is 16.2. The third-order valence-corrected chi connectivity index (χ3v) is 6.24. The van der Waals surface area contributed by atoms with Gasteiger partial charge in [-0.3, -0.25) is 10.1 Å².